The number of hydrogen-bond donors (Lipinski definition) is 2. The molecular formula is C18H21N5O. The molecule has 3 aromatic rings. The number of nitrogens with one attached hydrogen (secondary N) is 2. The Hall–Kier alpha value is -2.63. The van der Waals surface area contributed by atoms with Crippen molar-refractivity contribution < 1.29 is 4.79 Å². The summed E-state index contributed by atoms with van der Waals surface area (Å²) in [6.07, 6.45) is 3.63. The van der Waals surface area contributed by atoms with E-state index in [1.807, 2.05) is 30.5 Å². The molecule has 6 heteroatoms. The Bertz CT molecular complexity index is 892. The molecule has 2 aromatic heterocycles. The van der Waals surface area contributed by atoms with E-state index in [1.54, 1.807) is 0 Å². The Balaban J connectivity index is 1.51. The first-order chi connectivity index (χ1) is 11.6. The Kier molecular flexibility index (Phi) is 3.59. The van der Waals surface area contributed by atoms with Gasteiger partial charge in [-0.25, -0.2) is 0 Å². The van der Waals surface area contributed by atoms with Crippen molar-refractivity contribution in [3.05, 3.63) is 47.7 Å². The summed E-state index contributed by atoms with van der Waals surface area (Å²) in [7, 11) is 0. The lowest BCUT2D eigenvalue weighted by Crippen LogP contribution is -2.41. The van der Waals surface area contributed by atoms with Gasteiger partial charge in [0.1, 0.15) is 11.6 Å². The minimum atomic E-state index is -0.0286. The zero-order chi connectivity index (χ0) is 16.7. The van der Waals surface area contributed by atoms with Gasteiger partial charge < -0.3 is 14.9 Å². The van der Waals surface area contributed by atoms with Gasteiger partial charge in [0.2, 0.25) is 0 Å². The lowest BCUT2D eigenvalue weighted by atomic mass is 10.0. The topological polar surface area (TPSA) is 75.6 Å². The molecule has 0 bridgehead atoms. The van der Waals surface area contributed by atoms with Gasteiger partial charge in [-0.15, -0.1) is 10.2 Å². The number of hydrogen-bond acceptors (Lipinski definition) is 3. The van der Waals surface area contributed by atoms with Crippen LogP contribution in [0, 0.1) is 0 Å². The van der Waals surface area contributed by atoms with Crippen molar-refractivity contribution in [1.82, 2.24) is 25.1 Å². The highest BCUT2D eigenvalue weighted by Gasteiger charge is 2.25. The normalized spacial score (nSPS) is 17.2. The first-order valence-electron chi connectivity index (χ1n) is 8.42. The highest BCUT2D eigenvalue weighted by Crippen LogP contribution is 2.20. The number of benzene rings is 1. The third-order valence-corrected chi connectivity index (χ3v) is 4.64. The van der Waals surface area contributed by atoms with Gasteiger partial charge in [-0.2, -0.15) is 0 Å². The standard InChI is InChI=1S/C18H21N5O/c1-11(2)17-22-21-16-6-5-14(10-23(16)17)20-18(24)13-4-3-12-7-8-19-15(12)9-13/h3-4,7-9,11,14,19H,5-6,10H2,1-2H3,(H,20,24)/t14-/m0/s1. The molecule has 0 saturated heterocycles. The van der Waals surface area contributed by atoms with Crippen LogP contribution >= 0.6 is 0 Å². The molecule has 0 aliphatic carbocycles. The highest BCUT2D eigenvalue weighted by molar-refractivity contribution is 5.98. The molecule has 0 saturated carbocycles. The summed E-state index contributed by atoms with van der Waals surface area (Å²) in [6.45, 7) is 4.97. The van der Waals surface area contributed by atoms with Crippen LogP contribution in [0.2, 0.25) is 0 Å². The van der Waals surface area contributed by atoms with E-state index in [9.17, 15) is 4.79 Å². The van der Waals surface area contributed by atoms with Crippen molar-refractivity contribution in [3.63, 3.8) is 0 Å². The van der Waals surface area contributed by atoms with Crippen LogP contribution in [0.3, 0.4) is 0 Å². The lowest BCUT2D eigenvalue weighted by molar-refractivity contribution is 0.0927. The zero-order valence-corrected chi connectivity index (χ0v) is 13.9. The summed E-state index contributed by atoms with van der Waals surface area (Å²) in [4.78, 5) is 15.7. The number of aromatic nitrogens is 4. The molecule has 0 fully saturated rings. The van der Waals surface area contributed by atoms with Gasteiger partial charge >= 0.3 is 0 Å². The third kappa shape index (κ3) is 2.58. The van der Waals surface area contributed by atoms with E-state index in [2.05, 4.69) is 38.9 Å². The van der Waals surface area contributed by atoms with E-state index in [0.717, 1.165) is 41.9 Å². The fourth-order valence-electron chi connectivity index (χ4n) is 3.35. The summed E-state index contributed by atoms with van der Waals surface area (Å²) >= 11 is 0. The molecule has 1 amide bonds. The summed E-state index contributed by atoms with van der Waals surface area (Å²) in [5.74, 6) is 2.32. The van der Waals surface area contributed by atoms with Crippen LogP contribution in [-0.4, -0.2) is 31.7 Å². The fraction of sp³-hybridized carbons (Fsp3) is 0.389. The van der Waals surface area contributed by atoms with Gasteiger partial charge in [0.25, 0.3) is 5.91 Å². The van der Waals surface area contributed by atoms with Crippen molar-refractivity contribution in [2.75, 3.05) is 0 Å². The molecule has 6 nitrogen and oxygen atoms in total. The van der Waals surface area contributed by atoms with Gasteiger partial charge in [-0.1, -0.05) is 19.9 Å². The molecular weight excluding hydrogens is 302 g/mol. The number of H-pyrrole nitrogens is 1. The number of carbonyl (C=O) groups is 1. The molecule has 0 unspecified atom stereocenters. The molecule has 0 radical (unpaired) electrons. The predicted octanol–water partition coefficient (Wildman–Crippen LogP) is 2.63. The van der Waals surface area contributed by atoms with Crippen molar-refractivity contribution in [2.45, 2.75) is 45.2 Å². The second-order valence-corrected chi connectivity index (χ2v) is 6.73. The van der Waals surface area contributed by atoms with E-state index in [1.165, 1.54) is 0 Å². The maximum absolute atomic E-state index is 12.6. The van der Waals surface area contributed by atoms with Gasteiger partial charge in [0.05, 0.1) is 0 Å². The van der Waals surface area contributed by atoms with Crippen LogP contribution in [0.25, 0.3) is 10.9 Å². The number of fused-ring (bicyclic) bond motifs is 2. The monoisotopic (exact) mass is 323 g/mol. The molecule has 2 N–H and O–H groups in total. The van der Waals surface area contributed by atoms with Crippen LogP contribution in [0.4, 0.5) is 0 Å². The number of nitrogens with zero attached hydrogens (tertiary/aromatic N) is 3. The van der Waals surface area contributed by atoms with E-state index in [-0.39, 0.29) is 11.9 Å². The van der Waals surface area contributed by atoms with Gasteiger partial charge in [0, 0.05) is 42.2 Å². The minimum absolute atomic E-state index is 0.0286. The first-order valence-corrected chi connectivity index (χ1v) is 8.42. The average molecular weight is 323 g/mol. The molecule has 0 spiro atoms. The third-order valence-electron chi connectivity index (χ3n) is 4.64. The summed E-state index contributed by atoms with van der Waals surface area (Å²) in [5.41, 5.74) is 1.66. The maximum Gasteiger partial charge on any atom is 0.251 e. The summed E-state index contributed by atoms with van der Waals surface area (Å²) in [6, 6.07) is 7.85. The van der Waals surface area contributed by atoms with Crippen molar-refractivity contribution in [2.24, 2.45) is 0 Å². The van der Waals surface area contributed by atoms with Gasteiger partial charge in [-0.3, -0.25) is 4.79 Å². The predicted molar refractivity (Wildman–Crippen MR) is 92.0 cm³/mol. The second-order valence-electron chi connectivity index (χ2n) is 6.73. The Morgan fingerprint density at radius 3 is 3.04 bits per heavy atom. The number of carbonyl (C=O) groups excluding carboxylic acids is 1. The Morgan fingerprint density at radius 2 is 2.21 bits per heavy atom. The molecule has 4 rings (SSSR count). The second kappa shape index (κ2) is 5.78. The lowest BCUT2D eigenvalue weighted by Gasteiger charge is -2.26. The number of aromatic amines is 1. The van der Waals surface area contributed by atoms with E-state index in [4.69, 9.17) is 0 Å². The van der Waals surface area contributed by atoms with Crippen molar-refractivity contribution >= 4 is 16.8 Å². The van der Waals surface area contributed by atoms with Gasteiger partial charge in [0.15, 0.2) is 0 Å². The average Bonchev–Trinajstić information content (AvgIpc) is 3.20. The van der Waals surface area contributed by atoms with Crippen LogP contribution in [0.1, 0.15) is 48.2 Å². The number of rotatable bonds is 3. The molecule has 3 heterocycles. The smallest absolute Gasteiger partial charge is 0.251 e. The quantitative estimate of drug-likeness (QED) is 0.778. The largest absolute Gasteiger partial charge is 0.361 e. The van der Waals surface area contributed by atoms with Crippen molar-refractivity contribution in [3.8, 4) is 0 Å². The maximum atomic E-state index is 12.6. The molecule has 24 heavy (non-hydrogen) atoms. The zero-order valence-electron chi connectivity index (χ0n) is 13.9. The highest BCUT2D eigenvalue weighted by atomic mass is 16.1. The summed E-state index contributed by atoms with van der Waals surface area (Å²) < 4.78 is 2.16. The van der Waals surface area contributed by atoms with Crippen LogP contribution in [0.5, 0.6) is 0 Å². The summed E-state index contributed by atoms with van der Waals surface area (Å²) in [5, 5.41) is 12.8. The molecule has 1 aliphatic heterocycles. The SMILES string of the molecule is CC(C)c1nnc2n1C[C@@H](NC(=O)c1ccc3cc[nH]c3c1)CC2. The Morgan fingerprint density at radius 1 is 1.33 bits per heavy atom. The molecule has 1 atom stereocenters. The van der Waals surface area contributed by atoms with E-state index < -0.39 is 0 Å². The minimum Gasteiger partial charge on any atom is -0.361 e. The fourth-order valence-corrected chi connectivity index (χ4v) is 3.35. The van der Waals surface area contributed by atoms with Crippen LogP contribution in [0.15, 0.2) is 30.5 Å². The number of aryl methyl sites for hydroxylation is 1. The van der Waals surface area contributed by atoms with E-state index in [0.29, 0.717) is 11.5 Å². The Labute approximate surface area is 140 Å². The molecule has 124 valence electrons. The molecule has 1 aromatic carbocycles. The number of amides is 1. The van der Waals surface area contributed by atoms with Crippen LogP contribution in [-0.2, 0) is 13.0 Å². The first kappa shape index (κ1) is 14.9. The van der Waals surface area contributed by atoms with Crippen molar-refractivity contribution in [1.29, 1.82) is 0 Å². The van der Waals surface area contributed by atoms with E-state index >= 15 is 0 Å². The molecule has 1 aliphatic rings. The van der Waals surface area contributed by atoms with Crippen LogP contribution < -0.4 is 5.32 Å². The van der Waals surface area contributed by atoms with Gasteiger partial charge in [-0.05, 0) is 30.0 Å².